The van der Waals surface area contributed by atoms with Crippen LogP contribution < -0.4 is 16.0 Å². The summed E-state index contributed by atoms with van der Waals surface area (Å²) in [5, 5.41) is 10.6. The van der Waals surface area contributed by atoms with Crippen LogP contribution in [-0.4, -0.2) is 61.3 Å². The average Bonchev–Trinajstić information content (AvgIpc) is 2.88. The van der Waals surface area contributed by atoms with Gasteiger partial charge in [-0.3, -0.25) is 4.74 Å². The van der Waals surface area contributed by atoms with E-state index >= 15 is 0 Å². The highest BCUT2D eigenvalue weighted by atomic mass is 35.5. The maximum atomic E-state index is 12.1. The lowest BCUT2D eigenvalue weighted by Gasteiger charge is -2.30. The molecule has 4 rings (SSSR count). The Morgan fingerprint density at radius 3 is 2.53 bits per heavy atom. The van der Waals surface area contributed by atoms with Gasteiger partial charge in [-0.1, -0.05) is 17.7 Å². The number of ether oxygens (including phenoxy) is 2. The molecule has 2 aromatic heterocycles. The molecule has 0 bridgehead atoms. The predicted octanol–water partition coefficient (Wildman–Crippen LogP) is 5.48. The molecule has 2 fully saturated rings. The van der Waals surface area contributed by atoms with Gasteiger partial charge in [-0.15, -0.1) is 13.2 Å². The summed E-state index contributed by atoms with van der Waals surface area (Å²) in [6.07, 6.45) is 2.69. The third kappa shape index (κ3) is 8.47. The molecule has 1 aliphatic carbocycles. The van der Waals surface area contributed by atoms with Gasteiger partial charge in [0.15, 0.2) is 0 Å². The van der Waals surface area contributed by atoms with Gasteiger partial charge in [0.2, 0.25) is 0 Å². The number of halogens is 4. The second-order valence-electron chi connectivity index (χ2n) is 9.34. The first-order valence-corrected chi connectivity index (χ1v) is 12.9. The number of aromatic nitrogens is 2. The zero-order chi connectivity index (χ0) is 25.4. The summed E-state index contributed by atoms with van der Waals surface area (Å²) in [4.78, 5) is 9.21. The van der Waals surface area contributed by atoms with Gasteiger partial charge in [0.05, 0.1) is 17.3 Å². The van der Waals surface area contributed by atoms with Gasteiger partial charge in [-0.2, -0.15) is 0 Å². The molecule has 3 heterocycles. The van der Waals surface area contributed by atoms with E-state index in [9.17, 15) is 13.2 Å². The van der Waals surface area contributed by atoms with E-state index in [1.165, 1.54) is 0 Å². The molecule has 1 aliphatic heterocycles. The molecule has 2 aliphatic rings. The Labute approximate surface area is 214 Å². The third-order valence-corrected chi connectivity index (χ3v) is 6.97. The Bertz CT molecular complexity index is 967. The van der Waals surface area contributed by atoms with E-state index in [2.05, 4.69) is 25.7 Å². The van der Waals surface area contributed by atoms with E-state index < -0.39 is 6.36 Å². The molecular weight excluding hydrogens is 495 g/mol. The van der Waals surface area contributed by atoms with Gasteiger partial charge in [0.25, 0.3) is 0 Å². The molecule has 0 unspecified atom stereocenters. The highest BCUT2D eigenvalue weighted by molar-refractivity contribution is 6.33. The molecule has 0 aromatic carbocycles. The van der Waals surface area contributed by atoms with Crippen molar-refractivity contribution < 1.29 is 22.6 Å². The maximum Gasteiger partial charge on any atom is 0.522 e. The first kappa shape index (κ1) is 26.9. The van der Waals surface area contributed by atoms with Crippen molar-refractivity contribution in [2.45, 2.75) is 57.0 Å². The number of pyridine rings is 2. The fourth-order valence-corrected chi connectivity index (χ4v) is 4.88. The average molecular weight is 528 g/mol. The molecule has 1 saturated carbocycles. The minimum Gasteiger partial charge on any atom is -0.381 e. The third-order valence-electron chi connectivity index (χ3n) is 6.67. The molecule has 0 amide bonds. The molecule has 198 valence electrons. The van der Waals surface area contributed by atoms with E-state index in [0.29, 0.717) is 10.9 Å². The van der Waals surface area contributed by atoms with E-state index in [0.717, 1.165) is 81.2 Å². The number of nitrogens with one attached hydrogen (secondary N) is 3. The summed E-state index contributed by atoms with van der Waals surface area (Å²) >= 11 is 6.48. The maximum absolute atomic E-state index is 12.1. The number of anilines is 2. The Morgan fingerprint density at radius 2 is 1.78 bits per heavy atom. The fraction of sp³-hybridized carbons (Fsp3) is 0.600. The molecule has 2 aromatic rings. The summed E-state index contributed by atoms with van der Waals surface area (Å²) in [6.45, 7) is 2.30. The smallest absolute Gasteiger partial charge is 0.381 e. The summed E-state index contributed by atoms with van der Waals surface area (Å²) in [6, 6.07) is 8.20. The molecule has 0 atom stereocenters. The van der Waals surface area contributed by atoms with Crippen LogP contribution in [0.4, 0.5) is 24.8 Å². The molecule has 0 radical (unpaired) electrons. The monoisotopic (exact) mass is 527 g/mol. The van der Waals surface area contributed by atoms with Crippen LogP contribution in [0.3, 0.4) is 0 Å². The van der Waals surface area contributed by atoms with Gasteiger partial charge in [-0.25, -0.2) is 9.97 Å². The van der Waals surface area contributed by atoms with Crippen molar-refractivity contribution in [3.05, 3.63) is 35.5 Å². The van der Waals surface area contributed by atoms with E-state index in [-0.39, 0.29) is 25.2 Å². The number of hydrogen-bond donors (Lipinski definition) is 3. The summed E-state index contributed by atoms with van der Waals surface area (Å²) in [5.41, 5.74) is 1.58. The zero-order valence-electron chi connectivity index (χ0n) is 20.1. The minimum absolute atomic E-state index is 0.181. The van der Waals surface area contributed by atoms with Crippen LogP contribution >= 0.6 is 11.6 Å². The minimum atomic E-state index is -4.58. The SMILES string of the molecule is FC(F)(F)OCCNC1CCC(Nc2cc(-c3cccc(NCC4CCOCC4)n3)c(Cl)cn2)CC1. The highest BCUT2D eigenvalue weighted by Gasteiger charge is 2.29. The fourth-order valence-electron chi connectivity index (χ4n) is 4.68. The topological polar surface area (TPSA) is 80.3 Å². The lowest BCUT2D eigenvalue weighted by molar-refractivity contribution is -0.323. The molecule has 3 N–H and O–H groups in total. The van der Waals surface area contributed by atoms with Crippen LogP contribution in [0.2, 0.25) is 5.02 Å². The number of rotatable bonds is 10. The predicted molar refractivity (Wildman–Crippen MR) is 134 cm³/mol. The van der Waals surface area contributed by atoms with Crippen molar-refractivity contribution in [3.63, 3.8) is 0 Å². The number of alkyl halides is 3. The standard InChI is InChI=1S/C25H33ClF3N5O2/c26-21-16-32-24(33-19-6-4-18(5-7-19)30-10-13-36-25(27,28)29)14-20(21)22-2-1-3-23(34-22)31-15-17-8-11-35-12-9-17/h1-3,14,16-19,30H,4-13,15H2,(H,31,34)(H,32,33). The largest absolute Gasteiger partial charge is 0.522 e. The van der Waals surface area contributed by atoms with Crippen LogP contribution in [0.5, 0.6) is 0 Å². The first-order valence-electron chi connectivity index (χ1n) is 12.5. The van der Waals surface area contributed by atoms with E-state index in [1.807, 2.05) is 24.3 Å². The molecule has 36 heavy (non-hydrogen) atoms. The van der Waals surface area contributed by atoms with Crippen molar-refractivity contribution in [1.82, 2.24) is 15.3 Å². The molecular formula is C25H33ClF3N5O2. The second-order valence-corrected chi connectivity index (χ2v) is 9.74. The molecule has 0 spiro atoms. The van der Waals surface area contributed by atoms with Crippen LogP contribution in [0, 0.1) is 5.92 Å². The Balaban J connectivity index is 1.28. The first-order chi connectivity index (χ1) is 17.4. The molecule has 1 saturated heterocycles. The lowest BCUT2D eigenvalue weighted by atomic mass is 9.91. The summed E-state index contributed by atoms with van der Waals surface area (Å²) in [7, 11) is 0. The van der Waals surface area contributed by atoms with Crippen LogP contribution in [0.15, 0.2) is 30.5 Å². The van der Waals surface area contributed by atoms with Crippen molar-refractivity contribution in [1.29, 1.82) is 0 Å². The van der Waals surface area contributed by atoms with Crippen LogP contribution in [-0.2, 0) is 9.47 Å². The van der Waals surface area contributed by atoms with Crippen molar-refractivity contribution in [3.8, 4) is 11.3 Å². The summed E-state index contributed by atoms with van der Waals surface area (Å²) < 4.78 is 45.5. The van der Waals surface area contributed by atoms with Crippen molar-refractivity contribution in [2.24, 2.45) is 5.92 Å². The Hall–Kier alpha value is -2.14. The van der Waals surface area contributed by atoms with Crippen LogP contribution in [0.1, 0.15) is 38.5 Å². The van der Waals surface area contributed by atoms with Crippen molar-refractivity contribution in [2.75, 3.05) is 43.5 Å². The quantitative estimate of drug-likeness (QED) is 0.353. The van der Waals surface area contributed by atoms with Gasteiger partial charge in [-0.05, 0) is 62.6 Å². The second kappa shape index (κ2) is 12.9. The van der Waals surface area contributed by atoms with Gasteiger partial charge in [0.1, 0.15) is 11.6 Å². The number of hydrogen-bond acceptors (Lipinski definition) is 7. The normalized spacial score (nSPS) is 21.3. The Morgan fingerprint density at radius 1 is 1.03 bits per heavy atom. The number of nitrogens with zero attached hydrogens (tertiary/aromatic N) is 2. The van der Waals surface area contributed by atoms with Crippen LogP contribution in [0.25, 0.3) is 11.3 Å². The molecule has 7 nitrogen and oxygen atoms in total. The molecule has 11 heteroatoms. The highest BCUT2D eigenvalue weighted by Crippen LogP contribution is 2.30. The van der Waals surface area contributed by atoms with E-state index in [4.69, 9.17) is 21.3 Å². The summed E-state index contributed by atoms with van der Waals surface area (Å²) in [5.74, 6) is 2.13. The van der Waals surface area contributed by atoms with Gasteiger partial charge < -0.3 is 20.7 Å². The Kier molecular flexibility index (Phi) is 9.64. The van der Waals surface area contributed by atoms with Gasteiger partial charge >= 0.3 is 6.36 Å². The van der Waals surface area contributed by atoms with Crippen molar-refractivity contribution >= 4 is 23.2 Å². The van der Waals surface area contributed by atoms with Gasteiger partial charge in [0, 0.05) is 50.1 Å². The lowest BCUT2D eigenvalue weighted by Crippen LogP contribution is -2.39. The zero-order valence-corrected chi connectivity index (χ0v) is 20.9. The van der Waals surface area contributed by atoms with E-state index in [1.54, 1.807) is 6.20 Å².